The molecule has 1 amide bonds. The molecule has 0 bridgehead atoms. The van der Waals surface area contributed by atoms with Gasteiger partial charge in [0.2, 0.25) is 0 Å². The van der Waals surface area contributed by atoms with Gasteiger partial charge in [-0.05, 0) is 20.8 Å². The summed E-state index contributed by atoms with van der Waals surface area (Å²) in [6, 6.07) is -1.38. The molecule has 112 valence electrons. The average Bonchev–Trinajstić information content (AvgIpc) is 2.19. The number of carbonyl (C=O) groups excluding carboxylic acids is 2. The summed E-state index contributed by atoms with van der Waals surface area (Å²) in [6.45, 7) is 4.11. The fourth-order valence-electron chi connectivity index (χ4n) is 0.932. The second-order valence-corrected chi connectivity index (χ2v) is 5.75. The van der Waals surface area contributed by atoms with Crippen molar-refractivity contribution in [1.29, 1.82) is 0 Å². The van der Waals surface area contributed by atoms with Crippen molar-refractivity contribution in [3.63, 3.8) is 0 Å². The molecule has 9 nitrogen and oxygen atoms in total. The summed E-state index contributed by atoms with van der Waals surface area (Å²) in [7, 11) is -3.69. The minimum atomic E-state index is -4.75. The van der Waals surface area contributed by atoms with Crippen molar-refractivity contribution in [1.82, 2.24) is 5.32 Å². The first kappa shape index (κ1) is 17.8. The van der Waals surface area contributed by atoms with Crippen LogP contribution in [0.2, 0.25) is 0 Å². The van der Waals surface area contributed by atoms with E-state index >= 15 is 0 Å². The highest BCUT2D eigenvalue weighted by Crippen LogP contribution is 2.35. The second-order valence-electron chi connectivity index (χ2n) is 4.51. The number of phosphoric acid groups is 1. The van der Waals surface area contributed by atoms with Gasteiger partial charge in [0.25, 0.3) is 0 Å². The van der Waals surface area contributed by atoms with Crippen LogP contribution in [0.4, 0.5) is 4.79 Å². The van der Waals surface area contributed by atoms with E-state index in [2.05, 4.69) is 14.6 Å². The van der Waals surface area contributed by atoms with E-state index in [0.29, 0.717) is 0 Å². The van der Waals surface area contributed by atoms with Crippen LogP contribution in [0.25, 0.3) is 0 Å². The van der Waals surface area contributed by atoms with Crippen LogP contribution in [0.1, 0.15) is 20.8 Å². The molecule has 0 aliphatic carbocycles. The number of rotatable bonds is 5. The van der Waals surface area contributed by atoms with Gasteiger partial charge >= 0.3 is 19.9 Å². The maximum absolute atomic E-state index is 11.4. The van der Waals surface area contributed by atoms with E-state index in [1.54, 1.807) is 20.8 Å². The Labute approximate surface area is 110 Å². The summed E-state index contributed by atoms with van der Waals surface area (Å²) < 4.78 is 23.9. The normalized spacial score (nSPS) is 13.6. The van der Waals surface area contributed by atoms with Gasteiger partial charge in [0, 0.05) is 0 Å². The molecular weight excluding hydrogens is 281 g/mol. The summed E-state index contributed by atoms with van der Waals surface area (Å²) in [5.41, 5.74) is -0.783. The maximum Gasteiger partial charge on any atom is 0.469 e. The Morgan fingerprint density at radius 2 is 1.84 bits per heavy atom. The summed E-state index contributed by atoms with van der Waals surface area (Å²) in [6.07, 6.45) is -0.933. The summed E-state index contributed by atoms with van der Waals surface area (Å²) in [4.78, 5) is 39.8. The lowest BCUT2D eigenvalue weighted by molar-refractivity contribution is -0.144. The zero-order valence-corrected chi connectivity index (χ0v) is 12.0. The molecule has 0 aliphatic rings. The minimum Gasteiger partial charge on any atom is -0.467 e. The number of phosphoric ester groups is 1. The number of amides is 1. The number of hydrogen-bond donors (Lipinski definition) is 3. The van der Waals surface area contributed by atoms with Crippen LogP contribution in [-0.4, -0.2) is 47.2 Å². The lowest BCUT2D eigenvalue weighted by Gasteiger charge is -2.22. The molecule has 0 fully saturated rings. The van der Waals surface area contributed by atoms with Crippen LogP contribution in [0.5, 0.6) is 0 Å². The number of carbonyl (C=O) groups is 2. The average molecular weight is 299 g/mol. The molecule has 0 aromatic rings. The highest BCUT2D eigenvalue weighted by Gasteiger charge is 2.28. The second kappa shape index (κ2) is 6.85. The zero-order chi connectivity index (χ0) is 15.3. The van der Waals surface area contributed by atoms with Crippen LogP contribution in [0, 0.1) is 0 Å². The van der Waals surface area contributed by atoms with Crippen molar-refractivity contribution in [3.8, 4) is 0 Å². The van der Waals surface area contributed by atoms with E-state index in [1.807, 2.05) is 0 Å². The molecule has 3 N–H and O–H groups in total. The van der Waals surface area contributed by atoms with E-state index in [9.17, 15) is 14.2 Å². The van der Waals surface area contributed by atoms with Crippen molar-refractivity contribution in [3.05, 3.63) is 0 Å². The van der Waals surface area contributed by atoms with Gasteiger partial charge in [-0.1, -0.05) is 0 Å². The van der Waals surface area contributed by atoms with Crippen molar-refractivity contribution in [2.45, 2.75) is 32.4 Å². The van der Waals surface area contributed by atoms with Crippen LogP contribution in [0.3, 0.4) is 0 Å². The molecular formula is C9H18NO8P. The van der Waals surface area contributed by atoms with Gasteiger partial charge in [0.15, 0.2) is 6.04 Å². The highest BCUT2D eigenvalue weighted by molar-refractivity contribution is 7.46. The van der Waals surface area contributed by atoms with Crippen molar-refractivity contribution in [2.24, 2.45) is 0 Å². The standard InChI is InChI=1S/C9H18NO8P/c1-9(2,3)18-8(12)10-6(7(11)16-4)5-17-19(13,14)15/h6H,5H2,1-4H3,(H,10,12)(H2,13,14,15)/t6-/m0/s1. The molecule has 0 aromatic carbocycles. The van der Waals surface area contributed by atoms with Gasteiger partial charge in [-0.15, -0.1) is 0 Å². The molecule has 0 aromatic heterocycles. The van der Waals surface area contributed by atoms with E-state index < -0.39 is 38.1 Å². The molecule has 19 heavy (non-hydrogen) atoms. The van der Waals surface area contributed by atoms with Gasteiger partial charge in [0.05, 0.1) is 13.7 Å². The minimum absolute atomic E-state index is 0.740. The smallest absolute Gasteiger partial charge is 0.467 e. The number of ether oxygens (including phenoxy) is 2. The Bertz CT molecular complexity index is 371. The Balaban J connectivity index is 4.57. The molecule has 0 rings (SSSR count). The summed E-state index contributed by atoms with van der Waals surface area (Å²) in [5.74, 6) is -0.917. The van der Waals surface area contributed by atoms with Crippen molar-refractivity contribution >= 4 is 19.9 Å². The lowest BCUT2D eigenvalue weighted by atomic mass is 10.2. The van der Waals surface area contributed by atoms with Crippen molar-refractivity contribution in [2.75, 3.05) is 13.7 Å². The van der Waals surface area contributed by atoms with E-state index in [4.69, 9.17) is 14.5 Å². The summed E-state index contributed by atoms with van der Waals surface area (Å²) >= 11 is 0. The lowest BCUT2D eigenvalue weighted by Crippen LogP contribution is -2.46. The Kier molecular flexibility index (Phi) is 6.44. The number of methoxy groups -OCH3 is 1. The third-order valence-electron chi connectivity index (χ3n) is 1.59. The van der Waals surface area contributed by atoms with Gasteiger partial charge in [-0.3, -0.25) is 4.52 Å². The van der Waals surface area contributed by atoms with E-state index in [1.165, 1.54) is 0 Å². The van der Waals surface area contributed by atoms with E-state index in [-0.39, 0.29) is 0 Å². The molecule has 0 aliphatic heterocycles. The van der Waals surface area contributed by atoms with Gasteiger partial charge in [-0.2, -0.15) is 0 Å². The van der Waals surface area contributed by atoms with Crippen LogP contribution >= 0.6 is 7.82 Å². The summed E-state index contributed by atoms with van der Waals surface area (Å²) in [5, 5.41) is 2.09. The Morgan fingerprint density at radius 1 is 1.32 bits per heavy atom. The number of nitrogens with one attached hydrogen (secondary N) is 1. The van der Waals surface area contributed by atoms with E-state index in [0.717, 1.165) is 7.11 Å². The van der Waals surface area contributed by atoms with Gasteiger partial charge in [0.1, 0.15) is 5.60 Å². The quantitative estimate of drug-likeness (QED) is 0.483. The topological polar surface area (TPSA) is 131 Å². The first-order valence-corrected chi connectivity index (χ1v) is 6.75. The molecule has 0 unspecified atom stereocenters. The fraction of sp³-hybridized carbons (Fsp3) is 0.778. The van der Waals surface area contributed by atoms with Crippen LogP contribution < -0.4 is 5.32 Å². The fourth-order valence-corrected chi connectivity index (χ4v) is 1.28. The zero-order valence-electron chi connectivity index (χ0n) is 11.1. The maximum atomic E-state index is 11.4. The van der Waals surface area contributed by atoms with Gasteiger partial charge in [-0.25, -0.2) is 14.2 Å². The molecule has 1 atom stereocenters. The highest BCUT2D eigenvalue weighted by atomic mass is 31.2. The molecule has 10 heteroatoms. The Morgan fingerprint density at radius 3 is 2.21 bits per heavy atom. The van der Waals surface area contributed by atoms with Crippen molar-refractivity contribution < 1.29 is 37.9 Å². The number of hydrogen-bond acceptors (Lipinski definition) is 6. The number of alkyl carbamates (subject to hydrolysis) is 1. The van der Waals surface area contributed by atoms with Crippen LogP contribution in [-0.2, 0) is 23.4 Å². The monoisotopic (exact) mass is 299 g/mol. The number of esters is 1. The largest absolute Gasteiger partial charge is 0.469 e. The first-order chi connectivity index (χ1) is 8.44. The predicted octanol–water partition coefficient (Wildman–Crippen LogP) is 0.162. The molecule has 0 heterocycles. The third kappa shape index (κ3) is 9.43. The molecule has 0 spiro atoms. The first-order valence-electron chi connectivity index (χ1n) is 5.22. The Hall–Kier alpha value is -1.15. The predicted molar refractivity (Wildman–Crippen MR) is 63.2 cm³/mol. The van der Waals surface area contributed by atoms with Crippen LogP contribution in [0.15, 0.2) is 0 Å². The third-order valence-corrected chi connectivity index (χ3v) is 2.07. The SMILES string of the molecule is COC(=O)[C@H](COP(=O)(O)O)NC(=O)OC(C)(C)C. The van der Waals surface area contributed by atoms with Gasteiger partial charge < -0.3 is 24.6 Å². The molecule has 0 saturated carbocycles. The molecule has 0 saturated heterocycles. The molecule has 0 radical (unpaired) electrons.